The average Bonchev–Trinajstić information content (AvgIpc) is 2.99. The maximum Gasteiger partial charge on any atom is 0.186 e. The van der Waals surface area contributed by atoms with Gasteiger partial charge in [0.25, 0.3) is 0 Å². The molecule has 2 aromatic rings. The van der Waals surface area contributed by atoms with E-state index in [4.69, 9.17) is 22.0 Å². The molecule has 102 valence electrons. The summed E-state index contributed by atoms with van der Waals surface area (Å²) in [5.74, 6) is 0. The first kappa shape index (κ1) is 16.6. The molecular formula is C10H7Br2ClN2O2S2. The molecule has 0 atom stereocenters. The smallest absolute Gasteiger partial charge is 0.186 e. The number of rotatable bonds is 2. The van der Waals surface area contributed by atoms with Crippen LogP contribution in [-0.4, -0.2) is 21.8 Å². The van der Waals surface area contributed by atoms with Gasteiger partial charge in [-0.25, -0.2) is 0 Å². The lowest BCUT2D eigenvalue weighted by Crippen LogP contribution is -1.85. The third kappa shape index (κ3) is 5.23. The second kappa shape index (κ2) is 8.70. The number of thiophene rings is 2. The highest BCUT2D eigenvalue weighted by molar-refractivity contribution is 9.11. The van der Waals surface area contributed by atoms with Gasteiger partial charge in [0.05, 0.1) is 16.0 Å². The van der Waals surface area contributed by atoms with Crippen LogP contribution in [0.15, 0.2) is 42.1 Å². The second-order valence-electron chi connectivity index (χ2n) is 2.87. The van der Waals surface area contributed by atoms with Crippen LogP contribution in [0.4, 0.5) is 0 Å². The summed E-state index contributed by atoms with van der Waals surface area (Å²) in [6.45, 7) is 0. The molecule has 2 aromatic heterocycles. The van der Waals surface area contributed by atoms with Gasteiger partial charge in [0.2, 0.25) is 0 Å². The molecule has 19 heavy (non-hydrogen) atoms. The summed E-state index contributed by atoms with van der Waals surface area (Å²) in [7, 11) is 0. The summed E-state index contributed by atoms with van der Waals surface area (Å²) in [6.07, 6.45) is 1.40. The van der Waals surface area contributed by atoms with Crippen molar-refractivity contribution in [2.45, 2.75) is 0 Å². The Morgan fingerprint density at radius 2 is 1.79 bits per heavy atom. The second-order valence-corrected chi connectivity index (χ2v) is 6.80. The predicted molar refractivity (Wildman–Crippen MR) is 87.6 cm³/mol. The minimum Gasteiger partial charge on any atom is -0.411 e. The van der Waals surface area contributed by atoms with Crippen molar-refractivity contribution in [3.63, 3.8) is 0 Å². The fraction of sp³-hybridized carbons (Fsp3) is 0. The first-order valence-corrected chi connectivity index (χ1v) is 8.33. The predicted octanol–water partition coefficient (Wildman–Crippen LogP) is 5.20. The Hall–Kier alpha value is -0.410. The van der Waals surface area contributed by atoms with Gasteiger partial charge in [0.15, 0.2) is 5.17 Å². The third-order valence-corrected chi connectivity index (χ3v) is 5.74. The van der Waals surface area contributed by atoms with Crippen molar-refractivity contribution < 1.29 is 10.4 Å². The van der Waals surface area contributed by atoms with E-state index < -0.39 is 0 Å². The summed E-state index contributed by atoms with van der Waals surface area (Å²) in [5.41, 5.74) is 0. The lowest BCUT2D eigenvalue weighted by Gasteiger charge is -1.88. The highest BCUT2D eigenvalue weighted by Crippen LogP contribution is 2.24. The number of hydrogen-bond acceptors (Lipinski definition) is 6. The Bertz CT molecular complexity index is 584. The van der Waals surface area contributed by atoms with Gasteiger partial charge >= 0.3 is 0 Å². The van der Waals surface area contributed by atoms with E-state index in [1.54, 1.807) is 0 Å². The van der Waals surface area contributed by atoms with Crippen LogP contribution in [0.3, 0.4) is 0 Å². The molecule has 4 nitrogen and oxygen atoms in total. The first-order chi connectivity index (χ1) is 9.10. The SMILES string of the molecule is O/N=C(\Cl)c1sccc1Br.O/N=C/c1sccc1Br. The van der Waals surface area contributed by atoms with E-state index in [9.17, 15) is 0 Å². The van der Waals surface area contributed by atoms with Gasteiger partial charge in [0.1, 0.15) is 0 Å². The Balaban J connectivity index is 0.000000191. The molecule has 0 saturated carbocycles. The van der Waals surface area contributed by atoms with Crippen LogP contribution in [0, 0.1) is 0 Å². The minimum absolute atomic E-state index is 0.113. The third-order valence-electron chi connectivity index (χ3n) is 1.71. The van der Waals surface area contributed by atoms with Crippen molar-refractivity contribution >= 4 is 77.5 Å². The Labute approximate surface area is 139 Å². The minimum atomic E-state index is 0.113. The molecular weight excluding hydrogens is 440 g/mol. The van der Waals surface area contributed by atoms with E-state index in [0.717, 1.165) is 18.7 Å². The van der Waals surface area contributed by atoms with Gasteiger partial charge in [-0.2, -0.15) is 0 Å². The van der Waals surface area contributed by atoms with E-state index in [-0.39, 0.29) is 5.17 Å². The number of nitrogens with zero attached hydrogens (tertiary/aromatic N) is 2. The number of hydrogen-bond donors (Lipinski definition) is 2. The van der Waals surface area contributed by atoms with E-state index >= 15 is 0 Å². The number of oxime groups is 2. The zero-order valence-electron chi connectivity index (χ0n) is 9.13. The van der Waals surface area contributed by atoms with Crippen molar-refractivity contribution in [2.75, 3.05) is 0 Å². The summed E-state index contributed by atoms with van der Waals surface area (Å²) < 4.78 is 1.81. The van der Waals surface area contributed by atoms with Crippen LogP contribution in [0.25, 0.3) is 0 Å². The van der Waals surface area contributed by atoms with E-state index in [1.165, 1.54) is 28.9 Å². The lowest BCUT2D eigenvalue weighted by atomic mass is 10.5. The van der Waals surface area contributed by atoms with Gasteiger partial charge in [-0.15, -0.1) is 22.7 Å². The molecule has 2 heterocycles. The number of halogens is 3. The molecule has 0 radical (unpaired) electrons. The molecule has 0 saturated heterocycles. The molecule has 0 amide bonds. The molecule has 0 aromatic carbocycles. The van der Waals surface area contributed by atoms with E-state index in [2.05, 4.69) is 42.2 Å². The Morgan fingerprint density at radius 3 is 2.21 bits per heavy atom. The molecule has 0 fully saturated rings. The highest BCUT2D eigenvalue weighted by atomic mass is 79.9. The fourth-order valence-corrected chi connectivity index (χ4v) is 4.05. The summed E-state index contributed by atoms with van der Waals surface area (Å²) >= 11 is 15.0. The topological polar surface area (TPSA) is 65.2 Å². The molecule has 0 unspecified atom stereocenters. The van der Waals surface area contributed by atoms with Crippen LogP contribution in [0.2, 0.25) is 0 Å². The fourth-order valence-electron chi connectivity index (χ4n) is 0.936. The first-order valence-electron chi connectivity index (χ1n) is 4.61. The summed E-state index contributed by atoms with van der Waals surface area (Å²) in [5, 5.41) is 26.0. The monoisotopic (exact) mass is 444 g/mol. The van der Waals surface area contributed by atoms with Gasteiger partial charge in [-0.05, 0) is 54.8 Å². The quantitative estimate of drug-likeness (QED) is 0.378. The average molecular weight is 447 g/mol. The highest BCUT2D eigenvalue weighted by Gasteiger charge is 2.05. The van der Waals surface area contributed by atoms with Crippen molar-refractivity contribution in [1.82, 2.24) is 0 Å². The van der Waals surface area contributed by atoms with Crippen molar-refractivity contribution in [3.05, 3.63) is 41.6 Å². The van der Waals surface area contributed by atoms with Gasteiger partial charge in [-0.3, -0.25) is 0 Å². The zero-order chi connectivity index (χ0) is 14.3. The lowest BCUT2D eigenvalue weighted by molar-refractivity contribution is 0.321. The van der Waals surface area contributed by atoms with Crippen molar-refractivity contribution in [3.8, 4) is 0 Å². The molecule has 0 aliphatic carbocycles. The summed E-state index contributed by atoms with van der Waals surface area (Å²) in [4.78, 5) is 1.67. The van der Waals surface area contributed by atoms with Gasteiger partial charge in [0, 0.05) is 8.95 Å². The normalized spacial score (nSPS) is 11.4. The zero-order valence-corrected chi connectivity index (χ0v) is 14.7. The van der Waals surface area contributed by atoms with Crippen molar-refractivity contribution in [2.24, 2.45) is 10.3 Å². The molecule has 0 bridgehead atoms. The molecule has 0 aliphatic rings. The van der Waals surface area contributed by atoms with Crippen LogP contribution >= 0.6 is 66.1 Å². The summed E-state index contributed by atoms with van der Waals surface area (Å²) in [6, 6.07) is 3.75. The molecule has 0 aliphatic heterocycles. The molecule has 2 N–H and O–H groups in total. The van der Waals surface area contributed by atoms with Gasteiger partial charge in [-0.1, -0.05) is 21.9 Å². The Kier molecular flexibility index (Phi) is 7.62. The van der Waals surface area contributed by atoms with Crippen LogP contribution in [0.5, 0.6) is 0 Å². The van der Waals surface area contributed by atoms with Crippen LogP contribution < -0.4 is 0 Å². The molecule has 9 heteroatoms. The maximum absolute atomic E-state index is 8.27. The van der Waals surface area contributed by atoms with Gasteiger partial charge < -0.3 is 10.4 Å². The van der Waals surface area contributed by atoms with Crippen LogP contribution in [-0.2, 0) is 0 Å². The van der Waals surface area contributed by atoms with Crippen molar-refractivity contribution in [1.29, 1.82) is 0 Å². The Morgan fingerprint density at radius 1 is 1.16 bits per heavy atom. The molecule has 0 spiro atoms. The van der Waals surface area contributed by atoms with Crippen LogP contribution in [0.1, 0.15) is 9.75 Å². The standard InChI is InChI=1S/C5H3BrClNOS.C5H4BrNOS/c6-3-1-2-10-4(3)5(7)8-9;6-4-1-2-9-5(4)3-7-8/h1-2,9H;1-3,8H/b8-5-;7-3+. The van der Waals surface area contributed by atoms with E-state index in [1.807, 2.05) is 22.9 Å². The molecule has 2 rings (SSSR count). The maximum atomic E-state index is 8.27. The van der Waals surface area contributed by atoms with E-state index in [0.29, 0.717) is 0 Å². The largest absolute Gasteiger partial charge is 0.411 e.